The molecule has 11 nitrogen and oxygen atoms in total. The summed E-state index contributed by atoms with van der Waals surface area (Å²) in [4.78, 5) is 29.1. The van der Waals surface area contributed by atoms with Crippen LogP contribution in [-0.4, -0.2) is 51.7 Å². The Morgan fingerprint density at radius 2 is 1.69 bits per heavy atom. The minimum atomic E-state index is -4.78. The molecule has 4 aromatic rings. The van der Waals surface area contributed by atoms with Gasteiger partial charge in [-0.1, -0.05) is 25.6 Å². The number of amides is 2. The molecular weight excluding hydrogens is 613 g/mol. The van der Waals surface area contributed by atoms with Gasteiger partial charge >= 0.3 is 18.4 Å². The van der Waals surface area contributed by atoms with Crippen molar-refractivity contribution in [1.82, 2.24) is 20.1 Å². The number of aromatic nitrogens is 3. The van der Waals surface area contributed by atoms with E-state index in [1.54, 1.807) is 51.3 Å². The molecule has 0 saturated heterocycles. The molecule has 1 heterocycles. The highest BCUT2D eigenvalue weighted by molar-refractivity contribution is 7.99. The maximum absolute atomic E-state index is 12.9. The second kappa shape index (κ2) is 14.7. The van der Waals surface area contributed by atoms with Crippen molar-refractivity contribution in [3.63, 3.8) is 0 Å². The van der Waals surface area contributed by atoms with E-state index in [0.29, 0.717) is 28.5 Å². The van der Waals surface area contributed by atoms with Crippen LogP contribution < -0.4 is 25.4 Å². The normalized spacial score (nSPS) is 11.9. The number of hydrogen-bond acceptors (Lipinski definition) is 9. The Bertz CT molecular complexity index is 1600. The monoisotopic (exact) mass is 644 g/mol. The Kier molecular flexibility index (Phi) is 10.8. The van der Waals surface area contributed by atoms with Crippen molar-refractivity contribution in [2.24, 2.45) is 5.92 Å². The lowest BCUT2D eigenvalue weighted by molar-refractivity contribution is -0.274. The average Bonchev–Trinajstić information content (AvgIpc) is 3.48. The summed E-state index contributed by atoms with van der Waals surface area (Å²) in [6.45, 7) is 5.37. The average molecular weight is 645 g/mol. The molecule has 0 fully saturated rings. The maximum atomic E-state index is 12.9. The smallest absolute Gasteiger partial charge is 0.497 e. The third kappa shape index (κ3) is 9.79. The van der Waals surface area contributed by atoms with Gasteiger partial charge in [0, 0.05) is 16.9 Å². The first-order valence-electron chi connectivity index (χ1n) is 13.6. The first-order chi connectivity index (χ1) is 21.4. The predicted molar refractivity (Wildman–Crippen MR) is 164 cm³/mol. The Hall–Kier alpha value is -4.92. The van der Waals surface area contributed by atoms with Crippen LogP contribution in [-0.2, 0) is 9.53 Å². The second-order valence-corrected chi connectivity index (χ2v) is 10.9. The summed E-state index contributed by atoms with van der Waals surface area (Å²) >= 11 is 1.19. The number of nitrogens with zero attached hydrogens (tertiary/aromatic N) is 3. The molecule has 0 saturated carbocycles. The zero-order chi connectivity index (χ0) is 32.6. The van der Waals surface area contributed by atoms with E-state index in [1.807, 2.05) is 19.1 Å². The van der Waals surface area contributed by atoms with E-state index in [0.717, 1.165) is 11.3 Å². The highest BCUT2D eigenvalue weighted by Gasteiger charge is 2.31. The van der Waals surface area contributed by atoms with Crippen LogP contribution in [0.1, 0.15) is 19.4 Å². The van der Waals surface area contributed by atoms with Gasteiger partial charge < -0.3 is 30.2 Å². The number of thioether (sulfide) groups is 1. The van der Waals surface area contributed by atoms with Gasteiger partial charge in [0.25, 0.3) is 0 Å². The first-order valence-corrected chi connectivity index (χ1v) is 14.6. The lowest BCUT2D eigenvalue weighted by Gasteiger charge is -2.22. The zero-order valence-electron chi connectivity index (χ0n) is 24.7. The number of hydrogen-bond donors (Lipinski definition) is 3. The Balaban J connectivity index is 1.38. The number of urea groups is 1. The van der Waals surface area contributed by atoms with Crippen molar-refractivity contribution in [1.29, 1.82) is 0 Å². The van der Waals surface area contributed by atoms with Gasteiger partial charge in [0.05, 0.1) is 18.7 Å². The van der Waals surface area contributed by atoms with Gasteiger partial charge in [-0.15, -0.1) is 18.3 Å². The van der Waals surface area contributed by atoms with Gasteiger partial charge in [-0.25, -0.2) is 14.5 Å². The number of benzene rings is 3. The Labute approximate surface area is 261 Å². The highest BCUT2D eigenvalue weighted by Crippen LogP contribution is 2.26. The summed E-state index contributed by atoms with van der Waals surface area (Å²) in [5.41, 5.74) is 2.62. The van der Waals surface area contributed by atoms with Gasteiger partial charge in [-0.2, -0.15) is 0 Å². The number of carbonyl (C=O) groups is 2. The largest absolute Gasteiger partial charge is 0.573 e. The number of rotatable bonds is 12. The SMILES string of the molecule is COc1ccc(NC(NC(=O)Nc2ccc(-c3ncn(-c4ccc(OC(F)(F)F)cc4)n3)cc2)SCOC(=O)C(C)C)c(C)c1. The summed E-state index contributed by atoms with van der Waals surface area (Å²) in [6, 6.07) is 17.0. The van der Waals surface area contributed by atoms with Crippen molar-refractivity contribution < 1.29 is 37.0 Å². The minimum absolute atomic E-state index is 0.0178. The lowest BCUT2D eigenvalue weighted by atomic mass is 10.2. The van der Waals surface area contributed by atoms with Crippen molar-refractivity contribution in [3.05, 3.63) is 78.6 Å². The number of ether oxygens (including phenoxy) is 3. The van der Waals surface area contributed by atoms with E-state index in [1.165, 1.54) is 47.0 Å². The molecule has 2 amide bonds. The molecule has 0 aliphatic rings. The molecule has 45 heavy (non-hydrogen) atoms. The van der Waals surface area contributed by atoms with Crippen LogP contribution in [0.15, 0.2) is 73.1 Å². The highest BCUT2D eigenvalue weighted by atomic mass is 32.2. The standard InChI is InChI=1S/C30H31F3N6O5S/c1-18(2)27(40)43-17-45-29(36-25-14-13-24(42-4)15-19(25)3)37-28(41)35-21-7-5-20(6-8-21)26-34-16-39(38-26)22-9-11-23(12-10-22)44-30(31,32)33/h5-16,18,29,36H,17H2,1-4H3,(H2,35,37,41). The van der Waals surface area contributed by atoms with Crippen molar-refractivity contribution in [3.8, 4) is 28.6 Å². The quantitative estimate of drug-likeness (QED) is 0.116. The van der Waals surface area contributed by atoms with Gasteiger partial charge in [-0.3, -0.25) is 4.79 Å². The van der Waals surface area contributed by atoms with Gasteiger partial charge in [0.1, 0.15) is 23.8 Å². The van der Waals surface area contributed by atoms with E-state index in [-0.39, 0.29) is 23.6 Å². The molecule has 238 valence electrons. The molecule has 0 radical (unpaired) electrons. The zero-order valence-corrected chi connectivity index (χ0v) is 25.5. The number of anilines is 2. The van der Waals surface area contributed by atoms with Crippen molar-refractivity contribution in [2.75, 3.05) is 23.7 Å². The Morgan fingerprint density at radius 3 is 2.31 bits per heavy atom. The molecule has 3 N–H and O–H groups in total. The van der Waals surface area contributed by atoms with Gasteiger partial charge in [-0.05, 0) is 79.2 Å². The molecular formula is C30H31F3N6O5S. The third-order valence-corrected chi connectivity index (χ3v) is 6.94. The molecule has 15 heteroatoms. The molecule has 1 aromatic heterocycles. The maximum Gasteiger partial charge on any atom is 0.573 e. The van der Waals surface area contributed by atoms with Crippen molar-refractivity contribution in [2.45, 2.75) is 32.6 Å². The van der Waals surface area contributed by atoms with Gasteiger partial charge in [0.15, 0.2) is 11.3 Å². The molecule has 0 bridgehead atoms. The second-order valence-electron chi connectivity index (χ2n) is 9.84. The number of nitrogens with one attached hydrogen (secondary N) is 3. The lowest BCUT2D eigenvalue weighted by Crippen LogP contribution is -2.41. The fourth-order valence-corrected chi connectivity index (χ4v) is 4.54. The molecule has 1 atom stereocenters. The topological polar surface area (TPSA) is 129 Å². The molecule has 0 aliphatic heterocycles. The summed E-state index contributed by atoms with van der Waals surface area (Å²) in [5.74, 6) is 0.108. The summed E-state index contributed by atoms with van der Waals surface area (Å²) in [6.07, 6.45) is -3.34. The number of esters is 1. The van der Waals surface area contributed by atoms with Crippen LogP contribution in [0.4, 0.5) is 29.3 Å². The number of methoxy groups -OCH3 is 1. The Morgan fingerprint density at radius 1 is 1.00 bits per heavy atom. The van der Waals surface area contributed by atoms with E-state index in [4.69, 9.17) is 9.47 Å². The molecule has 1 unspecified atom stereocenters. The van der Waals surface area contributed by atoms with Gasteiger partial charge in [0.2, 0.25) is 0 Å². The first kappa shape index (κ1) is 33.0. The van der Waals surface area contributed by atoms with Crippen molar-refractivity contribution >= 4 is 35.1 Å². The van der Waals surface area contributed by atoms with E-state index in [2.05, 4.69) is 30.8 Å². The predicted octanol–water partition coefficient (Wildman–Crippen LogP) is 6.56. The van der Waals surface area contributed by atoms with Crippen LogP contribution in [0.25, 0.3) is 17.1 Å². The van der Waals surface area contributed by atoms with Crippen LogP contribution in [0.5, 0.6) is 11.5 Å². The van der Waals surface area contributed by atoms with Crippen LogP contribution in [0, 0.1) is 12.8 Å². The van der Waals surface area contributed by atoms with Crippen LogP contribution in [0.2, 0.25) is 0 Å². The van der Waals surface area contributed by atoms with E-state index in [9.17, 15) is 22.8 Å². The fourth-order valence-electron chi connectivity index (χ4n) is 3.82. The third-order valence-electron chi connectivity index (χ3n) is 6.12. The minimum Gasteiger partial charge on any atom is -0.497 e. The summed E-state index contributed by atoms with van der Waals surface area (Å²) in [5, 5.41) is 13.2. The van der Waals surface area contributed by atoms with E-state index < -0.39 is 17.9 Å². The summed E-state index contributed by atoms with van der Waals surface area (Å²) < 4.78 is 53.1. The molecule has 0 spiro atoms. The number of aryl methyl sites for hydroxylation is 1. The molecule has 4 rings (SSSR count). The molecule has 0 aliphatic carbocycles. The summed E-state index contributed by atoms with van der Waals surface area (Å²) in [7, 11) is 1.58. The molecule has 3 aromatic carbocycles. The fraction of sp³-hybridized carbons (Fsp3) is 0.267. The number of carbonyl (C=O) groups excluding carboxylic acids is 2. The van der Waals surface area contributed by atoms with Crippen LogP contribution >= 0.6 is 11.8 Å². The van der Waals surface area contributed by atoms with E-state index >= 15 is 0 Å². The van der Waals surface area contributed by atoms with Crippen LogP contribution in [0.3, 0.4) is 0 Å². The number of alkyl halides is 3. The number of halogens is 3.